The Hall–Kier alpha value is -1.59. The van der Waals surface area contributed by atoms with Gasteiger partial charge in [0.05, 0.1) is 7.11 Å². The van der Waals surface area contributed by atoms with E-state index in [4.69, 9.17) is 4.74 Å². The molecule has 2 N–H and O–H groups in total. The van der Waals surface area contributed by atoms with E-state index >= 15 is 0 Å². The molecule has 0 fully saturated rings. The summed E-state index contributed by atoms with van der Waals surface area (Å²) in [6.07, 6.45) is 2.05. The van der Waals surface area contributed by atoms with Crippen molar-refractivity contribution in [3.63, 3.8) is 0 Å². The number of nitrogens with zero attached hydrogens (tertiary/aromatic N) is 3. The third-order valence-corrected chi connectivity index (χ3v) is 2.34. The highest BCUT2D eigenvalue weighted by atomic mass is 16.5. The molecule has 1 heterocycles. The smallest absolute Gasteiger partial charge is 0.322 e. The van der Waals surface area contributed by atoms with E-state index in [1.807, 2.05) is 0 Å². The molecule has 0 spiro atoms. The molecule has 1 aromatic rings. The van der Waals surface area contributed by atoms with E-state index in [2.05, 4.69) is 39.4 Å². The van der Waals surface area contributed by atoms with Gasteiger partial charge in [0.2, 0.25) is 11.9 Å². The van der Waals surface area contributed by atoms with Crippen molar-refractivity contribution in [3.8, 4) is 6.01 Å². The molecular formula is C10H19N5O. The van der Waals surface area contributed by atoms with Crippen LogP contribution >= 0.6 is 0 Å². The zero-order valence-corrected chi connectivity index (χ0v) is 10.2. The molecule has 0 saturated carbocycles. The minimum atomic E-state index is 0.313. The second-order valence-electron chi connectivity index (χ2n) is 3.38. The third kappa shape index (κ3) is 3.22. The van der Waals surface area contributed by atoms with Crippen LogP contribution in [0.15, 0.2) is 0 Å². The van der Waals surface area contributed by atoms with Crippen molar-refractivity contribution < 1.29 is 4.74 Å². The molecule has 0 aliphatic heterocycles. The van der Waals surface area contributed by atoms with Crippen molar-refractivity contribution in [2.24, 2.45) is 0 Å². The first-order chi connectivity index (χ1) is 7.73. The van der Waals surface area contributed by atoms with Crippen LogP contribution in [-0.4, -0.2) is 35.2 Å². The fraction of sp³-hybridized carbons (Fsp3) is 0.700. The van der Waals surface area contributed by atoms with Gasteiger partial charge in [-0.25, -0.2) is 0 Å². The number of nitrogens with one attached hydrogen (secondary N) is 2. The minimum absolute atomic E-state index is 0.313. The Balaban J connectivity index is 2.85. The predicted octanol–water partition coefficient (Wildman–Crippen LogP) is 1.52. The quantitative estimate of drug-likeness (QED) is 0.765. The van der Waals surface area contributed by atoms with Crippen LogP contribution < -0.4 is 15.4 Å². The molecule has 0 aromatic carbocycles. The van der Waals surface area contributed by atoms with E-state index in [1.54, 1.807) is 7.05 Å². The summed E-state index contributed by atoms with van der Waals surface area (Å²) in [5, 5.41) is 6.11. The van der Waals surface area contributed by atoms with Crippen LogP contribution in [0, 0.1) is 0 Å². The Morgan fingerprint density at radius 3 is 2.25 bits per heavy atom. The fourth-order valence-electron chi connectivity index (χ4n) is 1.30. The number of hydrogen-bond acceptors (Lipinski definition) is 6. The van der Waals surface area contributed by atoms with Gasteiger partial charge in [0.15, 0.2) is 0 Å². The standard InChI is InChI=1S/C10H19N5O/c1-5-7(6-2)12-9-13-8(11-3)14-10(15-9)16-4/h7H,5-6H2,1-4H3,(H2,11,12,13,14,15). The van der Waals surface area contributed by atoms with Gasteiger partial charge in [0.25, 0.3) is 0 Å². The summed E-state index contributed by atoms with van der Waals surface area (Å²) >= 11 is 0. The number of hydrogen-bond donors (Lipinski definition) is 2. The lowest BCUT2D eigenvalue weighted by atomic mass is 10.2. The summed E-state index contributed by atoms with van der Waals surface area (Å²) in [5.41, 5.74) is 0. The number of methoxy groups -OCH3 is 1. The highest BCUT2D eigenvalue weighted by molar-refractivity contribution is 5.35. The van der Waals surface area contributed by atoms with E-state index < -0.39 is 0 Å². The first-order valence-corrected chi connectivity index (χ1v) is 5.47. The zero-order valence-electron chi connectivity index (χ0n) is 10.2. The Bertz CT molecular complexity index is 305. The van der Waals surface area contributed by atoms with Crippen LogP contribution in [0.5, 0.6) is 6.01 Å². The molecule has 0 bridgehead atoms. The maximum atomic E-state index is 5.00. The summed E-state index contributed by atoms with van der Waals surface area (Å²) in [6.45, 7) is 4.25. The summed E-state index contributed by atoms with van der Waals surface area (Å²) in [4.78, 5) is 12.4. The van der Waals surface area contributed by atoms with Gasteiger partial charge in [-0.05, 0) is 12.8 Å². The van der Waals surface area contributed by atoms with Crippen molar-refractivity contribution in [2.45, 2.75) is 32.7 Å². The van der Waals surface area contributed by atoms with E-state index in [0.29, 0.717) is 23.9 Å². The van der Waals surface area contributed by atoms with Crippen molar-refractivity contribution in [1.82, 2.24) is 15.0 Å². The highest BCUT2D eigenvalue weighted by Gasteiger charge is 2.09. The van der Waals surface area contributed by atoms with Gasteiger partial charge in [0.1, 0.15) is 0 Å². The van der Waals surface area contributed by atoms with Crippen LogP contribution in [0.2, 0.25) is 0 Å². The van der Waals surface area contributed by atoms with Gasteiger partial charge in [-0.1, -0.05) is 13.8 Å². The number of ether oxygens (including phenoxy) is 1. The molecule has 0 radical (unpaired) electrons. The topological polar surface area (TPSA) is 72.0 Å². The third-order valence-electron chi connectivity index (χ3n) is 2.34. The normalized spacial score (nSPS) is 10.3. The Labute approximate surface area is 95.9 Å². The summed E-state index contributed by atoms with van der Waals surface area (Å²) in [6, 6.07) is 0.685. The van der Waals surface area contributed by atoms with Gasteiger partial charge >= 0.3 is 6.01 Å². The SMILES string of the molecule is CCC(CC)Nc1nc(NC)nc(OC)n1. The maximum absolute atomic E-state index is 5.00. The molecule has 1 rings (SSSR count). The van der Waals surface area contributed by atoms with E-state index in [9.17, 15) is 0 Å². The lowest BCUT2D eigenvalue weighted by Crippen LogP contribution is -2.19. The van der Waals surface area contributed by atoms with Gasteiger partial charge in [0, 0.05) is 13.1 Å². The number of aromatic nitrogens is 3. The molecule has 6 heteroatoms. The van der Waals surface area contributed by atoms with Gasteiger partial charge in [-0.2, -0.15) is 15.0 Å². The molecule has 90 valence electrons. The molecule has 0 amide bonds. The monoisotopic (exact) mass is 225 g/mol. The fourth-order valence-corrected chi connectivity index (χ4v) is 1.30. The van der Waals surface area contributed by atoms with Crippen LogP contribution in [-0.2, 0) is 0 Å². The van der Waals surface area contributed by atoms with Crippen molar-refractivity contribution in [2.75, 3.05) is 24.8 Å². The lowest BCUT2D eigenvalue weighted by Gasteiger charge is -2.15. The first-order valence-electron chi connectivity index (χ1n) is 5.47. The minimum Gasteiger partial charge on any atom is -0.467 e. The van der Waals surface area contributed by atoms with Crippen molar-refractivity contribution >= 4 is 11.9 Å². The largest absolute Gasteiger partial charge is 0.467 e. The molecule has 16 heavy (non-hydrogen) atoms. The highest BCUT2D eigenvalue weighted by Crippen LogP contribution is 2.12. The first kappa shape index (κ1) is 12.5. The van der Waals surface area contributed by atoms with Crippen LogP contribution in [0.1, 0.15) is 26.7 Å². The van der Waals surface area contributed by atoms with Crippen molar-refractivity contribution in [1.29, 1.82) is 0 Å². The Morgan fingerprint density at radius 1 is 1.12 bits per heavy atom. The average Bonchev–Trinajstić information content (AvgIpc) is 2.35. The van der Waals surface area contributed by atoms with E-state index in [1.165, 1.54) is 7.11 Å². The lowest BCUT2D eigenvalue weighted by molar-refractivity contribution is 0.379. The summed E-state index contributed by atoms with van der Waals surface area (Å²) in [5.74, 6) is 1.05. The molecule has 0 unspecified atom stereocenters. The Morgan fingerprint density at radius 2 is 1.75 bits per heavy atom. The van der Waals surface area contributed by atoms with E-state index in [0.717, 1.165) is 12.8 Å². The molecule has 1 aromatic heterocycles. The van der Waals surface area contributed by atoms with Gasteiger partial charge in [-0.15, -0.1) is 0 Å². The molecule has 0 aliphatic rings. The molecule has 0 atom stereocenters. The average molecular weight is 225 g/mol. The van der Waals surface area contributed by atoms with Crippen LogP contribution in [0.4, 0.5) is 11.9 Å². The van der Waals surface area contributed by atoms with Crippen LogP contribution in [0.3, 0.4) is 0 Å². The van der Waals surface area contributed by atoms with Crippen molar-refractivity contribution in [3.05, 3.63) is 0 Å². The molecule has 0 aliphatic carbocycles. The van der Waals surface area contributed by atoms with Gasteiger partial charge in [-0.3, -0.25) is 0 Å². The molecule has 6 nitrogen and oxygen atoms in total. The number of rotatable bonds is 6. The Kier molecular flexibility index (Phi) is 4.75. The van der Waals surface area contributed by atoms with Gasteiger partial charge < -0.3 is 15.4 Å². The second-order valence-corrected chi connectivity index (χ2v) is 3.38. The van der Waals surface area contributed by atoms with Crippen LogP contribution in [0.25, 0.3) is 0 Å². The number of anilines is 2. The second kappa shape index (κ2) is 6.09. The molecule has 0 saturated heterocycles. The summed E-state index contributed by atoms with van der Waals surface area (Å²) in [7, 11) is 3.30. The predicted molar refractivity (Wildman–Crippen MR) is 63.9 cm³/mol. The maximum Gasteiger partial charge on any atom is 0.322 e. The molecular weight excluding hydrogens is 206 g/mol. The summed E-state index contributed by atoms with van der Waals surface area (Å²) < 4.78 is 5.00. The van der Waals surface area contributed by atoms with E-state index in [-0.39, 0.29) is 0 Å². The zero-order chi connectivity index (χ0) is 12.0.